The first-order chi connectivity index (χ1) is 9.61. The van der Waals surface area contributed by atoms with Crippen LogP contribution in [-0.4, -0.2) is 11.3 Å². The van der Waals surface area contributed by atoms with E-state index in [1.807, 2.05) is 12.1 Å². The summed E-state index contributed by atoms with van der Waals surface area (Å²) in [7, 11) is 0. The minimum absolute atomic E-state index is 0.423. The highest BCUT2D eigenvalue weighted by Gasteiger charge is 2.15. The van der Waals surface area contributed by atoms with E-state index >= 15 is 0 Å². The molecule has 0 aliphatic carbocycles. The molecule has 0 unspecified atom stereocenters. The molecule has 0 spiro atoms. The molecule has 2 nitrogen and oxygen atoms in total. The van der Waals surface area contributed by atoms with Crippen LogP contribution >= 0.6 is 15.9 Å². The topological polar surface area (TPSA) is 32.9 Å². The Morgan fingerprint density at radius 3 is 2.60 bits per heavy atom. The number of carbonyl (C=O) groups excluding carboxylic acids is 1. The van der Waals surface area contributed by atoms with Crippen LogP contribution < -0.4 is 0 Å². The molecule has 0 fully saturated rings. The molecule has 0 saturated heterocycles. The number of nitrogens with one attached hydrogen (secondary N) is 1. The Hall–Kier alpha value is -2.01. The summed E-state index contributed by atoms with van der Waals surface area (Å²) < 4.78 is 27.2. The molecule has 3 rings (SSSR count). The first-order valence-electron chi connectivity index (χ1n) is 5.82. The molecule has 2 aromatic carbocycles. The van der Waals surface area contributed by atoms with E-state index in [-0.39, 0.29) is 0 Å². The van der Waals surface area contributed by atoms with Crippen molar-refractivity contribution >= 4 is 33.1 Å². The van der Waals surface area contributed by atoms with Crippen LogP contribution in [-0.2, 0) is 0 Å². The minimum Gasteiger partial charge on any atom is -0.353 e. The number of H-pyrrole nitrogens is 1. The van der Waals surface area contributed by atoms with Gasteiger partial charge in [0.2, 0.25) is 0 Å². The van der Waals surface area contributed by atoms with E-state index in [2.05, 4.69) is 20.9 Å². The van der Waals surface area contributed by atoms with Gasteiger partial charge in [0.25, 0.3) is 0 Å². The lowest BCUT2D eigenvalue weighted by atomic mass is 10.1. The maximum Gasteiger partial charge on any atom is 0.159 e. The number of para-hydroxylation sites is 1. The van der Waals surface area contributed by atoms with Crippen molar-refractivity contribution in [1.29, 1.82) is 0 Å². The number of aromatic amines is 1. The Kier molecular flexibility index (Phi) is 3.14. The molecular formula is C15H8BrF2NO. The SMILES string of the molecule is O=Cc1c(-c2ccc(F)c(F)c2)[nH]c2c(Br)cccc12. The second kappa shape index (κ2) is 4.83. The summed E-state index contributed by atoms with van der Waals surface area (Å²) in [5.74, 6) is -1.87. The second-order valence-electron chi connectivity index (χ2n) is 4.32. The Morgan fingerprint density at radius 2 is 1.90 bits per heavy atom. The molecule has 1 heterocycles. The van der Waals surface area contributed by atoms with E-state index < -0.39 is 11.6 Å². The van der Waals surface area contributed by atoms with Gasteiger partial charge in [-0.15, -0.1) is 0 Å². The van der Waals surface area contributed by atoms with Crippen molar-refractivity contribution in [3.63, 3.8) is 0 Å². The summed E-state index contributed by atoms with van der Waals surface area (Å²) >= 11 is 3.39. The Labute approximate surface area is 121 Å². The van der Waals surface area contributed by atoms with Crippen molar-refractivity contribution < 1.29 is 13.6 Å². The molecule has 0 saturated carbocycles. The molecule has 0 aliphatic heterocycles. The molecule has 0 bridgehead atoms. The van der Waals surface area contributed by atoms with Gasteiger partial charge in [-0.2, -0.15) is 0 Å². The van der Waals surface area contributed by atoms with Gasteiger partial charge in [0, 0.05) is 21.0 Å². The van der Waals surface area contributed by atoms with Crippen LogP contribution in [0.25, 0.3) is 22.2 Å². The van der Waals surface area contributed by atoms with Crippen LogP contribution in [0.4, 0.5) is 8.78 Å². The van der Waals surface area contributed by atoms with Gasteiger partial charge in [0.05, 0.1) is 11.2 Å². The van der Waals surface area contributed by atoms with Gasteiger partial charge >= 0.3 is 0 Å². The second-order valence-corrected chi connectivity index (χ2v) is 5.18. The molecule has 5 heteroatoms. The fourth-order valence-electron chi connectivity index (χ4n) is 2.20. The summed E-state index contributed by atoms with van der Waals surface area (Å²) in [6.07, 6.45) is 0.710. The third kappa shape index (κ3) is 1.94. The van der Waals surface area contributed by atoms with Crippen LogP contribution in [0.3, 0.4) is 0 Å². The minimum atomic E-state index is -0.947. The number of fused-ring (bicyclic) bond motifs is 1. The van der Waals surface area contributed by atoms with Gasteiger partial charge in [-0.25, -0.2) is 8.78 Å². The summed E-state index contributed by atoms with van der Waals surface area (Å²) in [4.78, 5) is 14.4. The maximum atomic E-state index is 13.3. The van der Waals surface area contributed by atoms with E-state index in [0.29, 0.717) is 23.1 Å². The molecule has 0 radical (unpaired) electrons. The lowest BCUT2D eigenvalue weighted by molar-refractivity contribution is 0.112. The first kappa shape index (κ1) is 13.0. The number of carbonyl (C=O) groups is 1. The van der Waals surface area contributed by atoms with Gasteiger partial charge in [-0.1, -0.05) is 12.1 Å². The molecule has 100 valence electrons. The van der Waals surface area contributed by atoms with Gasteiger partial charge in [0.15, 0.2) is 17.9 Å². The Balaban J connectivity index is 2.33. The van der Waals surface area contributed by atoms with Crippen molar-refractivity contribution in [3.8, 4) is 11.3 Å². The van der Waals surface area contributed by atoms with E-state index in [4.69, 9.17) is 0 Å². The van der Waals surface area contributed by atoms with Crippen molar-refractivity contribution in [2.24, 2.45) is 0 Å². The zero-order valence-corrected chi connectivity index (χ0v) is 11.7. The van der Waals surface area contributed by atoms with E-state index in [9.17, 15) is 13.6 Å². The van der Waals surface area contributed by atoms with Gasteiger partial charge in [-0.3, -0.25) is 4.79 Å². The number of benzene rings is 2. The predicted octanol–water partition coefficient (Wildman–Crippen LogP) is 4.69. The number of hydrogen-bond acceptors (Lipinski definition) is 1. The molecule has 1 aromatic heterocycles. The first-order valence-corrected chi connectivity index (χ1v) is 6.62. The summed E-state index contributed by atoms with van der Waals surface area (Å²) in [5, 5.41) is 0.731. The molecule has 3 aromatic rings. The Morgan fingerprint density at radius 1 is 1.10 bits per heavy atom. The van der Waals surface area contributed by atoms with Crippen LogP contribution in [0.5, 0.6) is 0 Å². The highest BCUT2D eigenvalue weighted by Crippen LogP contribution is 2.33. The zero-order valence-electron chi connectivity index (χ0n) is 10.1. The third-order valence-corrected chi connectivity index (χ3v) is 3.81. The van der Waals surface area contributed by atoms with Gasteiger partial charge < -0.3 is 4.98 Å². The van der Waals surface area contributed by atoms with Crippen LogP contribution in [0.2, 0.25) is 0 Å². The molecule has 0 amide bonds. The van der Waals surface area contributed by atoms with Gasteiger partial charge in [-0.05, 0) is 40.2 Å². The van der Waals surface area contributed by atoms with Crippen molar-refractivity contribution in [1.82, 2.24) is 4.98 Å². The number of aromatic nitrogens is 1. The summed E-state index contributed by atoms with van der Waals surface area (Å²) in [5.41, 5.74) is 2.07. The fourth-order valence-corrected chi connectivity index (χ4v) is 2.67. The van der Waals surface area contributed by atoms with E-state index in [1.165, 1.54) is 6.07 Å². The van der Waals surface area contributed by atoms with Crippen molar-refractivity contribution in [2.45, 2.75) is 0 Å². The van der Waals surface area contributed by atoms with Crippen LogP contribution in [0.15, 0.2) is 40.9 Å². The predicted molar refractivity (Wildman–Crippen MR) is 76.7 cm³/mol. The third-order valence-electron chi connectivity index (χ3n) is 3.15. The van der Waals surface area contributed by atoms with E-state index in [0.717, 1.165) is 27.5 Å². The summed E-state index contributed by atoms with van der Waals surface area (Å²) in [6.45, 7) is 0. The number of halogens is 3. The maximum absolute atomic E-state index is 13.3. The normalized spacial score (nSPS) is 10.9. The van der Waals surface area contributed by atoms with Crippen LogP contribution in [0.1, 0.15) is 10.4 Å². The number of aldehydes is 1. The molecule has 20 heavy (non-hydrogen) atoms. The van der Waals surface area contributed by atoms with Crippen molar-refractivity contribution in [2.75, 3.05) is 0 Å². The van der Waals surface area contributed by atoms with Crippen LogP contribution in [0, 0.1) is 11.6 Å². The standard InChI is InChI=1S/C15H8BrF2NO/c16-11-3-1-2-9-10(7-20)14(19-15(9)11)8-4-5-12(17)13(18)6-8/h1-7,19H. The largest absolute Gasteiger partial charge is 0.353 e. The molecule has 1 N–H and O–H groups in total. The molecule has 0 aliphatic rings. The number of rotatable bonds is 2. The number of hydrogen-bond donors (Lipinski definition) is 1. The Bertz CT molecular complexity index is 826. The highest BCUT2D eigenvalue weighted by molar-refractivity contribution is 9.10. The summed E-state index contributed by atoms with van der Waals surface area (Å²) in [6, 6.07) is 8.99. The van der Waals surface area contributed by atoms with Crippen molar-refractivity contribution in [3.05, 3.63) is 58.1 Å². The monoisotopic (exact) mass is 335 g/mol. The lowest BCUT2D eigenvalue weighted by Gasteiger charge is -2.01. The molecular weight excluding hydrogens is 328 g/mol. The average molecular weight is 336 g/mol. The van der Waals surface area contributed by atoms with E-state index in [1.54, 1.807) is 6.07 Å². The fraction of sp³-hybridized carbons (Fsp3) is 0. The molecule has 0 atom stereocenters. The quantitative estimate of drug-likeness (QED) is 0.677. The average Bonchev–Trinajstić information content (AvgIpc) is 2.82. The van der Waals surface area contributed by atoms with Gasteiger partial charge in [0.1, 0.15) is 0 Å². The smallest absolute Gasteiger partial charge is 0.159 e. The highest BCUT2D eigenvalue weighted by atomic mass is 79.9. The lowest BCUT2D eigenvalue weighted by Crippen LogP contribution is -1.88. The zero-order chi connectivity index (χ0) is 14.3.